The molecule has 0 radical (unpaired) electrons. The molecule has 2 N–H and O–H groups in total. The van der Waals surface area contributed by atoms with Crippen LogP contribution in [0.1, 0.15) is 40.5 Å². The number of pyridine rings is 1. The average Bonchev–Trinajstić information content (AvgIpc) is 3.32. The van der Waals surface area contributed by atoms with Crippen molar-refractivity contribution in [3.8, 4) is 22.8 Å². The average molecular weight is 521 g/mol. The molecule has 0 spiro atoms. The van der Waals surface area contributed by atoms with Gasteiger partial charge in [0.15, 0.2) is 5.75 Å². The van der Waals surface area contributed by atoms with Gasteiger partial charge in [-0.25, -0.2) is 9.97 Å². The van der Waals surface area contributed by atoms with Crippen molar-refractivity contribution in [1.82, 2.24) is 15.0 Å². The molecule has 3 aromatic rings. The quantitative estimate of drug-likeness (QED) is 0.488. The van der Waals surface area contributed by atoms with Gasteiger partial charge in [-0.1, -0.05) is 27.0 Å². The predicted octanol–water partition coefficient (Wildman–Crippen LogP) is 4.41. The number of aliphatic hydroxyl groups is 1. The number of ether oxygens (including phenoxy) is 2. The predicted molar refractivity (Wildman–Crippen MR) is 148 cm³/mol. The molecule has 1 amide bonds. The summed E-state index contributed by atoms with van der Waals surface area (Å²) in [7, 11) is 2.00. The van der Waals surface area contributed by atoms with Crippen molar-refractivity contribution in [2.24, 2.45) is 0 Å². The molecule has 0 bridgehead atoms. The van der Waals surface area contributed by atoms with Crippen LogP contribution >= 0.6 is 0 Å². The van der Waals surface area contributed by atoms with Crippen LogP contribution < -0.4 is 24.6 Å². The van der Waals surface area contributed by atoms with Crippen molar-refractivity contribution in [2.45, 2.75) is 52.7 Å². The minimum absolute atomic E-state index is 0. The number of rotatable bonds is 6. The second kappa shape index (κ2) is 11.2. The van der Waals surface area contributed by atoms with E-state index < -0.39 is 0 Å². The first-order chi connectivity index (χ1) is 17.5. The summed E-state index contributed by atoms with van der Waals surface area (Å²) < 4.78 is 11.1. The first kappa shape index (κ1) is 27.1. The number of hydrogen-bond acceptors (Lipinski definition) is 9. The summed E-state index contributed by atoms with van der Waals surface area (Å²) in [5, 5.41) is 13.1. The number of nitrogens with zero attached hydrogens (tertiary/aromatic N) is 5. The number of carbonyl (C=O) groups is 1. The molecule has 10 heteroatoms. The molecule has 2 aliphatic heterocycles. The Morgan fingerprint density at radius 1 is 1.08 bits per heavy atom. The molecule has 202 valence electrons. The third kappa shape index (κ3) is 5.22. The molecule has 2 fully saturated rings. The van der Waals surface area contributed by atoms with E-state index in [0.717, 1.165) is 35.6 Å². The van der Waals surface area contributed by atoms with Gasteiger partial charge in [0.1, 0.15) is 19.0 Å². The molecule has 2 aromatic heterocycles. The Morgan fingerprint density at radius 3 is 2.55 bits per heavy atom. The molecular formula is C28H36N6O4. The number of aliphatic hydroxyl groups excluding tert-OH is 1. The van der Waals surface area contributed by atoms with Gasteiger partial charge in [-0.2, -0.15) is 4.98 Å². The van der Waals surface area contributed by atoms with E-state index in [4.69, 9.17) is 14.5 Å². The lowest BCUT2D eigenvalue weighted by Gasteiger charge is -2.39. The molecule has 38 heavy (non-hydrogen) atoms. The molecule has 1 saturated heterocycles. The SMILES string of the molecule is C.C.CN(c1nc(Nc2cnc3c(c2)OCCO3)ncc1-c1ccc(N2CCCC2=O)cc1)C1CC(O)C1. The van der Waals surface area contributed by atoms with E-state index in [1.54, 1.807) is 12.4 Å². The van der Waals surface area contributed by atoms with Crippen molar-refractivity contribution in [1.29, 1.82) is 0 Å². The second-order valence-corrected chi connectivity index (χ2v) is 9.37. The number of carbonyl (C=O) groups excluding carboxylic acids is 1. The van der Waals surface area contributed by atoms with Gasteiger partial charge >= 0.3 is 0 Å². The van der Waals surface area contributed by atoms with Gasteiger partial charge in [0.25, 0.3) is 5.88 Å². The fourth-order valence-electron chi connectivity index (χ4n) is 4.83. The lowest BCUT2D eigenvalue weighted by molar-refractivity contribution is -0.117. The third-order valence-corrected chi connectivity index (χ3v) is 6.96. The van der Waals surface area contributed by atoms with Crippen LogP contribution in [0, 0.1) is 0 Å². The Morgan fingerprint density at radius 2 is 1.84 bits per heavy atom. The minimum Gasteiger partial charge on any atom is -0.484 e. The maximum Gasteiger partial charge on any atom is 0.257 e. The van der Waals surface area contributed by atoms with Crippen LogP contribution in [-0.4, -0.2) is 64.9 Å². The van der Waals surface area contributed by atoms with Crippen LogP contribution in [0.25, 0.3) is 11.1 Å². The van der Waals surface area contributed by atoms with Crippen molar-refractivity contribution in [3.05, 3.63) is 42.7 Å². The number of fused-ring (bicyclic) bond motifs is 1. The van der Waals surface area contributed by atoms with Crippen LogP contribution in [0.4, 0.5) is 23.1 Å². The monoisotopic (exact) mass is 520 g/mol. The lowest BCUT2D eigenvalue weighted by Crippen LogP contribution is -2.45. The molecule has 0 atom stereocenters. The van der Waals surface area contributed by atoms with Gasteiger partial charge in [-0.15, -0.1) is 0 Å². The van der Waals surface area contributed by atoms with Gasteiger partial charge < -0.3 is 29.7 Å². The van der Waals surface area contributed by atoms with Crippen LogP contribution in [0.5, 0.6) is 11.6 Å². The van der Waals surface area contributed by atoms with Gasteiger partial charge in [-0.05, 0) is 37.0 Å². The fourth-order valence-corrected chi connectivity index (χ4v) is 4.83. The summed E-state index contributed by atoms with van der Waals surface area (Å²) in [6, 6.07) is 9.97. The summed E-state index contributed by atoms with van der Waals surface area (Å²) in [6.07, 6.45) is 6.08. The highest BCUT2D eigenvalue weighted by molar-refractivity contribution is 5.95. The van der Waals surface area contributed by atoms with Crippen molar-refractivity contribution >= 4 is 29.0 Å². The highest BCUT2D eigenvalue weighted by Gasteiger charge is 2.32. The Hall–Kier alpha value is -3.92. The molecular weight excluding hydrogens is 484 g/mol. The zero-order valence-electron chi connectivity index (χ0n) is 20.1. The molecule has 0 unspecified atom stereocenters. The molecule has 1 aliphatic carbocycles. The van der Waals surface area contributed by atoms with E-state index in [1.165, 1.54) is 0 Å². The topological polar surface area (TPSA) is 113 Å². The smallest absolute Gasteiger partial charge is 0.257 e. The first-order valence-corrected chi connectivity index (χ1v) is 12.3. The number of benzene rings is 1. The first-order valence-electron chi connectivity index (χ1n) is 12.3. The number of anilines is 4. The highest BCUT2D eigenvalue weighted by atomic mass is 16.6. The van der Waals surface area contributed by atoms with Crippen molar-refractivity contribution in [2.75, 3.05) is 41.9 Å². The Balaban J connectivity index is 0.00000168. The largest absolute Gasteiger partial charge is 0.484 e. The Labute approximate surface area is 223 Å². The maximum atomic E-state index is 12.1. The number of aromatic nitrogens is 3. The fraction of sp³-hybridized carbons (Fsp3) is 0.429. The summed E-state index contributed by atoms with van der Waals surface area (Å²) in [5.74, 6) is 2.42. The Bertz CT molecular complexity index is 1280. The molecule has 3 aliphatic rings. The van der Waals surface area contributed by atoms with Crippen molar-refractivity contribution in [3.63, 3.8) is 0 Å². The van der Waals surface area contributed by atoms with Gasteiger partial charge in [0.2, 0.25) is 11.9 Å². The normalized spacial score (nSPS) is 19.6. The lowest BCUT2D eigenvalue weighted by atomic mass is 9.88. The summed E-state index contributed by atoms with van der Waals surface area (Å²) >= 11 is 0. The van der Waals surface area contributed by atoms with Crippen LogP contribution in [-0.2, 0) is 4.79 Å². The van der Waals surface area contributed by atoms with E-state index in [1.807, 2.05) is 42.3 Å². The van der Waals surface area contributed by atoms with Gasteiger partial charge in [0.05, 0.1) is 18.0 Å². The van der Waals surface area contributed by atoms with E-state index in [9.17, 15) is 9.90 Å². The standard InChI is InChI=1S/C26H28N6O4.2CH4/c1-31(19-12-20(33)13-19)24-21(16-4-6-18(7-5-16)32-8-2-3-23(32)34)15-28-26(30-24)29-17-11-22-25(27-14-17)36-10-9-35-22;;/h4-7,11,14-15,19-20,33H,2-3,8-10,12-13H2,1H3,(H,28,29,30);2*1H4. The maximum absolute atomic E-state index is 12.1. The molecule has 10 nitrogen and oxygen atoms in total. The Kier molecular flexibility index (Phi) is 8.01. The van der Waals surface area contributed by atoms with Crippen LogP contribution in [0.15, 0.2) is 42.7 Å². The summed E-state index contributed by atoms with van der Waals surface area (Å²) in [6.45, 7) is 1.73. The van der Waals surface area contributed by atoms with E-state index in [-0.39, 0.29) is 32.9 Å². The number of hydrogen-bond donors (Lipinski definition) is 2. The van der Waals surface area contributed by atoms with E-state index >= 15 is 0 Å². The number of amides is 1. The van der Waals surface area contributed by atoms with Gasteiger partial charge in [-0.3, -0.25) is 4.79 Å². The van der Waals surface area contributed by atoms with Crippen LogP contribution in [0.2, 0.25) is 0 Å². The summed E-state index contributed by atoms with van der Waals surface area (Å²) in [5.41, 5.74) is 3.44. The van der Waals surface area contributed by atoms with Crippen molar-refractivity contribution < 1.29 is 19.4 Å². The molecule has 4 heterocycles. The second-order valence-electron chi connectivity index (χ2n) is 9.37. The number of nitrogens with one attached hydrogen (secondary N) is 1. The van der Waals surface area contributed by atoms with Gasteiger partial charge in [0, 0.05) is 49.6 Å². The van der Waals surface area contributed by atoms with Crippen LogP contribution in [0.3, 0.4) is 0 Å². The summed E-state index contributed by atoms with van der Waals surface area (Å²) in [4.78, 5) is 29.8. The molecule has 1 aromatic carbocycles. The van der Waals surface area contributed by atoms with E-state index in [2.05, 4.69) is 20.2 Å². The van der Waals surface area contributed by atoms with E-state index in [0.29, 0.717) is 55.7 Å². The zero-order chi connectivity index (χ0) is 24.6. The highest BCUT2D eigenvalue weighted by Crippen LogP contribution is 2.36. The minimum atomic E-state index is -0.276. The molecule has 6 rings (SSSR count). The zero-order valence-corrected chi connectivity index (χ0v) is 20.1. The molecule has 1 saturated carbocycles. The third-order valence-electron chi connectivity index (χ3n) is 6.96.